The van der Waals surface area contributed by atoms with Gasteiger partial charge in [0.25, 0.3) is 0 Å². The third-order valence-electron chi connectivity index (χ3n) is 4.82. The van der Waals surface area contributed by atoms with Gasteiger partial charge in [0.2, 0.25) is 0 Å². The molecule has 5 heteroatoms. The Bertz CT molecular complexity index is 636. The Kier molecular flexibility index (Phi) is 7.29. The summed E-state index contributed by atoms with van der Waals surface area (Å²) < 4.78 is 17.9. The molecule has 0 saturated carbocycles. The maximum Gasteiger partial charge on any atom is 0.308 e. The van der Waals surface area contributed by atoms with Crippen LogP contribution in [0.4, 0.5) is 0 Å². The van der Waals surface area contributed by atoms with Crippen molar-refractivity contribution in [2.75, 3.05) is 0 Å². The summed E-state index contributed by atoms with van der Waals surface area (Å²) in [4.78, 5) is 15.1. The van der Waals surface area contributed by atoms with Crippen molar-refractivity contribution in [3.8, 4) is 0 Å². The zero-order valence-corrected chi connectivity index (χ0v) is 18.7. The van der Waals surface area contributed by atoms with Crippen LogP contribution in [0.3, 0.4) is 0 Å². The Hall–Kier alpha value is -1.43. The summed E-state index contributed by atoms with van der Waals surface area (Å²) >= 11 is 0. The molecule has 0 N–H and O–H groups in total. The first kappa shape index (κ1) is 22.9. The van der Waals surface area contributed by atoms with E-state index in [1.807, 2.05) is 59.7 Å². The molecule has 0 spiro atoms. The highest BCUT2D eigenvalue weighted by molar-refractivity contribution is 5.70. The number of rotatable bonds is 7. The molecular formula is C23H37NO4. The average molecular weight is 392 g/mol. The largest absolute Gasteiger partial charge is 0.460 e. The zero-order valence-electron chi connectivity index (χ0n) is 18.7. The van der Waals surface area contributed by atoms with Crippen molar-refractivity contribution >= 4 is 5.97 Å². The van der Waals surface area contributed by atoms with Crippen molar-refractivity contribution in [3.63, 3.8) is 0 Å². The molecule has 1 aromatic carbocycles. The number of hydrogen-bond donors (Lipinski definition) is 0. The smallest absolute Gasteiger partial charge is 0.308 e. The average Bonchev–Trinajstić information content (AvgIpc) is 2.82. The lowest BCUT2D eigenvalue weighted by Gasteiger charge is -2.39. The zero-order chi connectivity index (χ0) is 21.1. The van der Waals surface area contributed by atoms with Gasteiger partial charge in [-0.25, -0.2) is 0 Å². The van der Waals surface area contributed by atoms with Crippen molar-refractivity contribution in [1.82, 2.24) is 4.90 Å². The first-order valence-electron chi connectivity index (χ1n) is 10.2. The van der Waals surface area contributed by atoms with Crippen LogP contribution in [0.15, 0.2) is 30.3 Å². The minimum absolute atomic E-state index is 0.112. The summed E-state index contributed by atoms with van der Waals surface area (Å²) in [7, 11) is 0. The molecule has 0 amide bonds. The molecular weight excluding hydrogens is 354 g/mol. The van der Waals surface area contributed by atoms with Gasteiger partial charge in [0, 0.05) is 18.6 Å². The number of carbonyl (C=O) groups is 1. The monoisotopic (exact) mass is 391 g/mol. The van der Waals surface area contributed by atoms with Gasteiger partial charge in [0.05, 0.1) is 12.5 Å². The van der Waals surface area contributed by atoms with Crippen molar-refractivity contribution in [3.05, 3.63) is 35.9 Å². The lowest BCUT2D eigenvalue weighted by Crippen LogP contribution is -2.51. The number of benzene rings is 1. The molecule has 1 fully saturated rings. The van der Waals surface area contributed by atoms with E-state index in [9.17, 15) is 4.79 Å². The summed E-state index contributed by atoms with van der Waals surface area (Å²) in [5.74, 6) is -0.872. The molecule has 2 rings (SSSR count). The van der Waals surface area contributed by atoms with Crippen molar-refractivity contribution < 1.29 is 19.0 Å². The number of esters is 1. The van der Waals surface area contributed by atoms with E-state index >= 15 is 0 Å². The van der Waals surface area contributed by atoms with Crippen LogP contribution < -0.4 is 0 Å². The van der Waals surface area contributed by atoms with Crippen molar-refractivity contribution in [1.29, 1.82) is 0 Å². The second kappa shape index (κ2) is 8.93. The summed E-state index contributed by atoms with van der Waals surface area (Å²) in [5, 5.41) is 0. The Morgan fingerprint density at radius 1 is 1.18 bits per heavy atom. The van der Waals surface area contributed by atoms with Crippen LogP contribution >= 0.6 is 0 Å². The number of hydrogen-bond acceptors (Lipinski definition) is 5. The Morgan fingerprint density at radius 3 is 2.25 bits per heavy atom. The van der Waals surface area contributed by atoms with Crippen LogP contribution in [0.5, 0.6) is 0 Å². The summed E-state index contributed by atoms with van der Waals surface area (Å²) in [6.45, 7) is 16.6. The standard InChI is InChI=1S/C23H37NO4/c1-16(2)24(15-18-12-10-9-11-13-18)19(14-20(25)27-22(4,5)6)21-17(3)26-23(7,8)28-21/h9-13,16-17,19,21H,14-15H2,1-8H3/t17-,19-,21-/m0/s1. The van der Waals surface area contributed by atoms with Crippen LogP contribution in [-0.4, -0.2) is 46.5 Å². The Balaban J connectivity index is 2.30. The molecule has 0 radical (unpaired) electrons. The van der Waals surface area contributed by atoms with Gasteiger partial charge >= 0.3 is 5.97 Å². The van der Waals surface area contributed by atoms with Gasteiger partial charge < -0.3 is 14.2 Å². The molecule has 28 heavy (non-hydrogen) atoms. The number of carbonyl (C=O) groups excluding carboxylic acids is 1. The quantitative estimate of drug-likeness (QED) is 0.639. The third-order valence-corrected chi connectivity index (χ3v) is 4.82. The fraction of sp³-hybridized carbons (Fsp3) is 0.696. The van der Waals surface area contributed by atoms with Gasteiger partial charge in [-0.15, -0.1) is 0 Å². The summed E-state index contributed by atoms with van der Waals surface area (Å²) in [6, 6.07) is 10.4. The van der Waals surface area contributed by atoms with E-state index in [1.165, 1.54) is 5.56 Å². The SMILES string of the molecule is CC(C)N(Cc1ccccc1)[C@@H](CC(=O)OC(C)(C)C)[C@H]1OC(C)(C)O[C@H]1C. The van der Waals surface area contributed by atoms with Crippen LogP contribution in [0.1, 0.15) is 67.4 Å². The molecule has 1 saturated heterocycles. The maximum atomic E-state index is 12.7. The lowest BCUT2D eigenvalue weighted by atomic mass is 9.98. The molecule has 158 valence electrons. The summed E-state index contributed by atoms with van der Waals surface area (Å²) in [6.07, 6.45) is -0.0652. The van der Waals surface area contributed by atoms with E-state index in [2.05, 4.69) is 30.9 Å². The molecule has 1 aliphatic heterocycles. The molecule has 1 aromatic rings. The molecule has 1 aliphatic rings. The minimum Gasteiger partial charge on any atom is -0.460 e. The van der Waals surface area contributed by atoms with E-state index in [0.29, 0.717) is 0 Å². The molecule has 5 nitrogen and oxygen atoms in total. The van der Waals surface area contributed by atoms with Gasteiger partial charge in [-0.2, -0.15) is 0 Å². The normalized spacial score (nSPS) is 23.2. The van der Waals surface area contributed by atoms with E-state index < -0.39 is 11.4 Å². The molecule has 1 heterocycles. The molecule has 0 aromatic heterocycles. The van der Waals surface area contributed by atoms with Crippen molar-refractivity contribution in [2.24, 2.45) is 0 Å². The van der Waals surface area contributed by atoms with Crippen LogP contribution in [-0.2, 0) is 25.5 Å². The maximum absolute atomic E-state index is 12.7. The fourth-order valence-electron chi connectivity index (χ4n) is 3.81. The van der Waals surface area contributed by atoms with Gasteiger partial charge in [0.1, 0.15) is 11.7 Å². The highest BCUT2D eigenvalue weighted by Gasteiger charge is 2.46. The molecule has 0 unspecified atom stereocenters. The van der Waals surface area contributed by atoms with Crippen molar-refractivity contribution in [2.45, 2.75) is 104 Å². The lowest BCUT2D eigenvalue weighted by molar-refractivity contribution is -0.164. The second-order valence-electron chi connectivity index (χ2n) is 9.41. The Labute approximate surface area is 170 Å². The topological polar surface area (TPSA) is 48.0 Å². The fourth-order valence-corrected chi connectivity index (χ4v) is 3.81. The predicted octanol–water partition coefficient (Wildman–Crippen LogP) is 4.54. The highest BCUT2D eigenvalue weighted by atomic mass is 16.8. The van der Waals surface area contributed by atoms with Gasteiger partial charge in [-0.1, -0.05) is 30.3 Å². The highest BCUT2D eigenvalue weighted by Crippen LogP contribution is 2.34. The molecule has 3 atom stereocenters. The van der Waals surface area contributed by atoms with E-state index in [-0.39, 0.29) is 36.7 Å². The minimum atomic E-state index is -0.661. The van der Waals surface area contributed by atoms with Crippen LogP contribution in [0, 0.1) is 0 Å². The number of ether oxygens (including phenoxy) is 3. The van der Waals surface area contributed by atoms with Crippen LogP contribution in [0.2, 0.25) is 0 Å². The number of nitrogens with zero attached hydrogens (tertiary/aromatic N) is 1. The predicted molar refractivity (Wildman–Crippen MR) is 111 cm³/mol. The Morgan fingerprint density at radius 2 is 1.79 bits per heavy atom. The summed E-state index contributed by atoms with van der Waals surface area (Å²) in [5.41, 5.74) is 0.693. The van der Waals surface area contributed by atoms with Gasteiger partial charge in [-0.05, 0) is 61.0 Å². The molecule has 0 aliphatic carbocycles. The van der Waals surface area contributed by atoms with E-state index in [1.54, 1.807) is 0 Å². The third kappa shape index (κ3) is 6.57. The van der Waals surface area contributed by atoms with E-state index in [0.717, 1.165) is 6.54 Å². The van der Waals surface area contributed by atoms with Gasteiger partial charge in [0.15, 0.2) is 5.79 Å². The second-order valence-corrected chi connectivity index (χ2v) is 9.41. The van der Waals surface area contributed by atoms with Crippen LogP contribution in [0.25, 0.3) is 0 Å². The van der Waals surface area contributed by atoms with Gasteiger partial charge in [-0.3, -0.25) is 9.69 Å². The first-order chi connectivity index (χ1) is 12.9. The van der Waals surface area contributed by atoms with E-state index in [4.69, 9.17) is 14.2 Å². The first-order valence-corrected chi connectivity index (χ1v) is 10.2. The molecule has 0 bridgehead atoms.